The number of thioether (sulfide) groups is 1. The molecule has 2 rings (SSSR count). The average molecular weight is 283 g/mol. The van der Waals surface area contributed by atoms with E-state index in [0.29, 0.717) is 5.25 Å². The highest BCUT2D eigenvalue weighted by Gasteiger charge is 2.27. The molecular formula is C15H22FNOS. The summed E-state index contributed by atoms with van der Waals surface area (Å²) < 4.78 is 19.7. The van der Waals surface area contributed by atoms with Crippen LogP contribution in [0.3, 0.4) is 0 Å². The molecule has 19 heavy (non-hydrogen) atoms. The summed E-state index contributed by atoms with van der Waals surface area (Å²) in [6.45, 7) is 7.88. The van der Waals surface area contributed by atoms with E-state index in [-0.39, 0.29) is 18.0 Å². The molecule has 1 aromatic rings. The predicted molar refractivity (Wildman–Crippen MR) is 78.2 cm³/mol. The Bertz CT molecular complexity index is 427. The topological polar surface area (TPSA) is 21.3 Å². The van der Waals surface area contributed by atoms with Gasteiger partial charge in [0.1, 0.15) is 5.82 Å². The molecule has 0 spiro atoms. The van der Waals surface area contributed by atoms with Gasteiger partial charge < -0.3 is 10.1 Å². The van der Waals surface area contributed by atoms with E-state index in [0.717, 1.165) is 30.0 Å². The summed E-state index contributed by atoms with van der Waals surface area (Å²) in [5.74, 6) is -0.119. The van der Waals surface area contributed by atoms with E-state index in [1.54, 1.807) is 23.9 Å². The molecule has 0 radical (unpaired) electrons. The SMILES string of the molecule is CCNC(C)c1cccc(F)c1SC1CCOC1C. The summed E-state index contributed by atoms with van der Waals surface area (Å²) in [6.07, 6.45) is 1.20. The zero-order valence-electron chi connectivity index (χ0n) is 11.8. The molecule has 0 bridgehead atoms. The Morgan fingerprint density at radius 2 is 2.32 bits per heavy atom. The molecular weight excluding hydrogens is 261 g/mol. The van der Waals surface area contributed by atoms with Crippen LogP contribution < -0.4 is 5.32 Å². The molecule has 1 fully saturated rings. The average Bonchev–Trinajstić information content (AvgIpc) is 2.78. The van der Waals surface area contributed by atoms with Crippen molar-refractivity contribution in [2.24, 2.45) is 0 Å². The van der Waals surface area contributed by atoms with Crippen molar-refractivity contribution in [3.05, 3.63) is 29.6 Å². The van der Waals surface area contributed by atoms with Gasteiger partial charge in [0.25, 0.3) is 0 Å². The van der Waals surface area contributed by atoms with E-state index >= 15 is 0 Å². The lowest BCUT2D eigenvalue weighted by atomic mass is 10.1. The fourth-order valence-corrected chi connectivity index (χ4v) is 3.77. The molecule has 1 aliphatic heterocycles. The van der Waals surface area contributed by atoms with Crippen LogP contribution in [-0.4, -0.2) is 24.5 Å². The number of benzene rings is 1. The maximum Gasteiger partial charge on any atom is 0.137 e. The Labute approximate surface area is 119 Å². The van der Waals surface area contributed by atoms with E-state index in [9.17, 15) is 4.39 Å². The third-order valence-electron chi connectivity index (χ3n) is 3.55. The molecule has 1 aromatic carbocycles. The lowest BCUT2D eigenvalue weighted by molar-refractivity contribution is 0.127. The second kappa shape index (κ2) is 6.73. The van der Waals surface area contributed by atoms with Gasteiger partial charge in [0.2, 0.25) is 0 Å². The fraction of sp³-hybridized carbons (Fsp3) is 0.600. The lowest BCUT2D eigenvalue weighted by Gasteiger charge is -2.20. The van der Waals surface area contributed by atoms with Crippen molar-refractivity contribution in [2.45, 2.75) is 49.5 Å². The van der Waals surface area contributed by atoms with E-state index in [4.69, 9.17) is 4.74 Å². The second-order valence-electron chi connectivity index (χ2n) is 4.96. The van der Waals surface area contributed by atoms with Crippen molar-refractivity contribution in [2.75, 3.05) is 13.2 Å². The Balaban J connectivity index is 2.22. The molecule has 3 atom stereocenters. The molecule has 1 aliphatic rings. The minimum Gasteiger partial charge on any atom is -0.377 e. The molecule has 1 saturated heterocycles. The third kappa shape index (κ3) is 3.50. The van der Waals surface area contributed by atoms with Gasteiger partial charge in [0, 0.05) is 22.8 Å². The predicted octanol–water partition coefficient (Wildman–Crippen LogP) is 3.77. The van der Waals surface area contributed by atoms with Gasteiger partial charge >= 0.3 is 0 Å². The van der Waals surface area contributed by atoms with Crippen LogP contribution in [0.2, 0.25) is 0 Å². The molecule has 0 aliphatic carbocycles. The summed E-state index contributed by atoms with van der Waals surface area (Å²) in [4.78, 5) is 0.776. The first-order valence-corrected chi connectivity index (χ1v) is 7.81. The van der Waals surface area contributed by atoms with Crippen molar-refractivity contribution in [3.63, 3.8) is 0 Å². The van der Waals surface area contributed by atoms with Crippen LogP contribution >= 0.6 is 11.8 Å². The summed E-state index contributed by atoms with van der Waals surface area (Å²) >= 11 is 1.63. The number of ether oxygens (including phenoxy) is 1. The van der Waals surface area contributed by atoms with Crippen molar-refractivity contribution in [1.82, 2.24) is 5.32 Å². The number of halogens is 1. The highest BCUT2D eigenvalue weighted by Crippen LogP contribution is 2.37. The first-order chi connectivity index (χ1) is 9.13. The van der Waals surface area contributed by atoms with Gasteiger partial charge in [-0.25, -0.2) is 4.39 Å². The Kier molecular flexibility index (Phi) is 5.25. The molecule has 1 N–H and O–H groups in total. The monoisotopic (exact) mass is 283 g/mol. The van der Waals surface area contributed by atoms with E-state index in [2.05, 4.69) is 26.1 Å². The zero-order valence-corrected chi connectivity index (χ0v) is 12.6. The van der Waals surface area contributed by atoms with Crippen LogP contribution in [0.4, 0.5) is 4.39 Å². The summed E-state index contributed by atoms with van der Waals surface area (Å²) in [6, 6.07) is 5.52. The van der Waals surface area contributed by atoms with Crippen molar-refractivity contribution >= 4 is 11.8 Å². The minimum absolute atomic E-state index is 0.119. The van der Waals surface area contributed by atoms with Crippen LogP contribution in [0, 0.1) is 5.82 Å². The molecule has 3 unspecified atom stereocenters. The van der Waals surface area contributed by atoms with Gasteiger partial charge in [-0.2, -0.15) is 0 Å². The largest absolute Gasteiger partial charge is 0.377 e. The van der Waals surface area contributed by atoms with Gasteiger partial charge in [-0.15, -0.1) is 11.8 Å². The maximum atomic E-state index is 14.1. The molecule has 4 heteroatoms. The quantitative estimate of drug-likeness (QED) is 0.889. The summed E-state index contributed by atoms with van der Waals surface area (Å²) in [5.41, 5.74) is 1.05. The van der Waals surface area contributed by atoms with Gasteiger partial charge in [-0.1, -0.05) is 19.1 Å². The van der Waals surface area contributed by atoms with Gasteiger partial charge in [0.05, 0.1) is 6.10 Å². The smallest absolute Gasteiger partial charge is 0.137 e. The van der Waals surface area contributed by atoms with Crippen LogP contribution in [0.25, 0.3) is 0 Å². The number of nitrogens with one attached hydrogen (secondary N) is 1. The zero-order chi connectivity index (χ0) is 13.8. The minimum atomic E-state index is -0.119. The van der Waals surface area contributed by atoms with Crippen LogP contribution in [0.5, 0.6) is 0 Å². The highest BCUT2D eigenvalue weighted by atomic mass is 32.2. The maximum absolute atomic E-state index is 14.1. The second-order valence-corrected chi connectivity index (χ2v) is 6.21. The van der Waals surface area contributed by atoms with E-state index in [1.165, 1.54) is 0 Å². The molecule has 0 aromatic heterocycles. The van der Waals surface area contributed by atoms with Crippen molar-refractivity contribution < 1.29 is 9.13 Å². The van der Waals surface area contributed by atoms with Gasteiger partial charge in [-0.3, -0.25) is 0 Å². The van der Waals surface area contributed by atoms with Gasteiger partial charge in [0.15, 0.2) is 0 Å². The normalized spacial score (nSPS) is 24.6. The Morgan fingerprint density at radius 3 is 2.95 bits per heavy atom. The Hall–Kier alpha value is -0.580. The highest BCUT2D eigenvalue weighted by molar-refractivity contribution is 8.00. The summed E-state index contributed by atoms with van der Waals surface area (Å²) in [7, 11) is 0. The molecule has 0 amide bonds. The number of hydrogen-bond donors (Lipinski definition) is 1. The third-order valence-corrected chi connectivity index (χ3v) is 5.14. The van der Waals surface area contributed by atoms with Crippen molar-refractivity contribution in [3.8, 4) is 0 Å². The van der Waals surface area contributed by atoms with Crippen LogP contribution in [-0.2, 0) is 4.74 Å². The standard InChI is InChI=1S/C15H22FNOS/c1-4-17-10(2)12-6-5-7-13(16)15(12)19-14-8-9-18-11(14)3/h5-7,10-11,14,17H,4,8-9H2,1-3H3. The number of hydrogen-bond acceptors (Lipinski definition) is 3. The Morgan fingerprint density at radius 1 is 1.53 bits per heavy atom. The van der Waals surface area contributed by atoms with Crippen LogP contribution in [0.15, 0.2) is 23.1 Å². The fourth-order valence-electron chi connectivity index (χ4n) is 2.43. The van der Waals surface area contributed by atoms with Crippen LogP contribution in [0.1, 0.15) is 38.8 Å². The first-order valence-electron chi connectivity index (χ1n) is 6.93. The van der Waals surface area contributed by atoms with Crippen molar-refractivity contribution in [1.29, 1.82) is 0 Å². The molecule has 106 valence electrons. The first kappa shape index (κ1) is 14.8. The van der Waals surface area contributed by atoms with E-state index < -0.39 is 0 Å². The van der Waals surface area contributed by atoms with Gasteiger partial charge in [-0.05, 0) is 38.4 Å². The summed E-state index contributed by atoms with van der Waals surface area (Å²) in [5, 5.41) is 3.71. The lowest BCUT2D eigenvalue weighted by Crippen LogP contribution is -2.20. The molecule has 0 saturated carbocycles. The molecule has 1 heterocycles. The number of rotatable bonds is 5. The molecule has 2 nitrogen and oxygen atoms in total. The van der Waals surface area contributed by atoms with E-state index in [1.807, 2.05) is 6.07 Å².